The van der Waals surface area contributed by atoms with E-state index >= 15 is 0 Å². The van der Waals surface area contributed by atoms with Gasteiger partial charge in [0.1, 0.15) is 22.9 Å². The summed E-state index contributed by atoms with van der Waals surface area (Å²) < 4.78 is 19.3. The third-order valence-electron chi connectivity index (χ3n) is 5.31. The van der Waals surface area contributed by atoms with Gasteiger partial charge in [-0.3, -0.25) is 9.59 Å². The van der Waals surface area contributed by atoms with Gasteiger partial charge < -0.3 is 15.4 Å². The van der Waals surface area contributed by atoms with Crippen LogP contribution in [-0.4, -0.2) is 12.1 Å². The van der Waals surface area contributed by atoms with E-state index in [4.69, 9.17) is 10.00 Å². The highest BCUT2D eigenvalue weighted by atomic mass is 19.1. The van der Waals surface area contributed by atoms with Crippen molar-refractivity contribution >= 4 is 17.1 Å². The largest absolute Gasteiger partial charge is 0.490 e. The standard InChI is InChI=1S/C23H20FN3O3/c24-15-2-1-3-17(12-15)27-21-20(22(28)23(21)29)26-16-6-10-19(11-7-16)30-18-8-4-14(13-25)5-9-18/h1-5,8-9,12,16,19,26-27H,6-7,10-11H2. The third kappa shape index (κ3) is 4.18. The number of hydrogen-bond acceptors (Lipinski definition) is 6. The topological polar surface area (TPSA) is 91.2 Å². The van der Waals surface area contributed by atoms with E-state index in [2.05, 4.69) is 16.7 Å². The molecule has 0 aliphatic heterocycles. The molecule has 0 radical (unpaired) electrons. The first-order chi connectivity index (χ1) is 14.5. The van der Waals surface area contributed by atoms with Crippen LogP contribution in [0.1, 0.15) is 31.2 Å². The summed E-state index contributed by atoms with van der Waals surface area (Å²) in [5.41, 5.74) is 0.308. The molecule has 3 aromatic carbocycles. The molecule has 0 unspecified atom stereocenters. The Kier molecular flexibility index (Phi) is 5.48. The van der Waals surface area contributed by atoms with E-state index in [0.29, 0.717) is 11.3 Å². The van der Waals surface area contributed by atoms with Crippen LogP contribution in [-0.2, 0) is 0 Å². The van der Waals surface area contributed by atoms with Gasteiger partial charge in [0.2, 0.25) is 0 Å². The van der Waals surface area contributed by atoms with Crippen molar-refractivity contribution < 1.29 is 9.13 Å². The number of nitrogens with one attached hydrogen (secondary N) is 2. The molecule has 3 aromatic rings. The Morgan fingerprint density at radius 3 is 2.33 bits per heavy atom. The molecule has 1 fully saturated rings. The summed E-state index contributed by atoms with van der Waals surface area (Å²) in [5.74, 6) is 0.309. The van der Waals surface area contributed by atoms with E-state index in [1.807, 2.05) is 0 Å². The van der Waals surface area contributed by atoms with E-state index in [9.17, 15) is 14.0 Å². The summed E-state index contributed by atoms with van der Waals surface area (Å²) in [6, 6.07) is 14.9. The Balaban J connectivity index is 1.34. The van der Waals surface area contributed by atoms with Crippen LogP contribution in [0.25, 0.3) is 0 Å². The summed E-state index contributed by atoms with van der Waals surface area (Å²) in [6.07, 6.45) is 3.26. The summed E-state index contributed by atoms with van der Waals surface area (Å²) in [4.78, 5) is 24.0. The first kappa shape index (κ1) is 19.6. The smallest absolute Gasteiger partial charge is 0.253 e. The lowest BCUT2D eigenvalue weighted by atomic mass is 9.92. The third-order valence-corrected chi connectivity index (χ3v) is 5.31. The van der Waals surface area contributed by atoms with Gasteiger partial charge >= 0.3 is 0 Å². The molecule has 2 N–H and O–H groups in total. The van der Waals surface area contributed by atoms with E-state index in [1.165, 1.54) is 18.2 Å². The van der Waals surface area contributed by atoms with Gasteiger partial charge in [0.15, 0.2) is 0 Å². The molecule has 0 atom stereocenters. The Labute approximate surface area is 172 Å². The fourth-order valence-corrected chi connectivity index (χ4v) is 3.69. The summed E-state index contributed by atoms with van der Waals surface area (Å²) in [5, 5.41) is 14.9. The average Bonchev–Trinajstić information content (AvgIpc) is 2.77. The molecule has 0 amide bonds. The fraction of sp³-hybridized carbons (Fsp3) is 0.261. The zero-order valence-corrected chi connectivity index (χ0v) is 16.2. The molecule has 1 aliphatic rings. The normalized spacial score (nSPS) is 18.5. The maximum atomic E-state index is 13.4. The molecule has 1 aliphatic carbocycles. The molecule has 1 saturated carbocycles. The van der Waals surface area contributed by atoms with Gasteiger partial charge in [-0.15, -0.1) is 0 Å². The second kappa shape index (κ2) is 8.37. The van der Waals surface area contributed by atoms with Gasteiger partial charge in [-0.25, -0.2) is 4.39 Å². The summed E-state index contributed by atoms with van der Waals surface area (Å²) in [6.45, 7) is 0. The predicted molar refractivity (Wildman–Crippen MR) is 112 cm³/mol. The number of ether oxygens (including phenoxy) is 1. The van der Waals surface area contributed by atoms with Crippen molar-refractivity contribution in [1.82, 2.24) is 0 Å². The van der Waals surface area contributed by atoms with Gasteiger partial charge in [0.05, 0.1) is 17.7 Å². The molecule has 6 nitrogen and oxygen atoms in total. The number of halogens is 1. The molecule has 0 heterocycles. The maximum absolute atomic E-state index is 13.4. The number of nitrogens with zero attached hydrogens (tertiary/aromatic N) is 1. The van der Waals surface area contributed by atoms with Crippen LogP contribution in [0.5, 0.6) is 5.75 Å². The Hall–Kier alpha value is -3.66. The minimum atomic E-state index is -0.598. The quantitative estimate of drug-likeness (QED) is 0.606. The minimum Gasteiger partial charge on any atom is -0.490 e. The second-order valence-electron chi connectivity index (χ2n) is 7.42. The second-order valence-corrected chi connectivity index (χ2v) is 7.42. The highest BCUT2D eigenvalue weighted by Gasteiger charge is 2.27. The lowest BCUT2D eigenvalue weighted by Gasteiger charge is -2.30. The molecule has 0 bridgehead atoms. The lowest BCUT2D eigenvalue weighted by molar-refractivity contribution is 0.150. The van der Waals surface area contributed by atoms with Crippen LogP contribution < -0.4 is 26.2 Å². The zero-order chi connectivity index (χ0) is 21.1. The predicted octanol–water partition coefficient (Wildman–Crippen LogP) is 3.84. The Bertz CT molecular complexity index is 1150. The minimum absolute atomic E-state index is 0.0576. The first-order valence-corrected chi connectivity index (χ1v) is 9.83. The van der Waals surface area contributed by atoms with Crippen molar-refractivity contribution in [3.63, 3.8) is 0 Å². The highest BCUT2D eigenvalue weighted by Crippen LogP contribution is 2.28. The highest BCUT2D eigenvalue weighted by molar-refractivity contribution is 5.78. The lowest BCUT2D eigenvalue weighted by Crippen LogP contribution is -2.40. The molecule has 4 rings (SSSR count). The number of hydrogen-bond donors (Lipinski definition) is 2. The zero-order valence-electron chi connectivity index (χ0n) is 16.2. The molecule has 30 heavy (non-hydrogen) atoms. The molecule has 0 saturated heterocycles. The molecule has 7 heteroatoms. The van der Waals surface area contributed by atoms with Gasteiger partial charge in [0, 0.05) is 11.7 Å². The van der Waals surface area contributed by atoms with E-state index in [-0.39, 0.29) is 23.5 Å². The van der Waals surface area contributed by atoms with Crippen molar-refractivity contribution in [2.24, 2.45) is 0 Å². The van der Waals surface area contributed by atoms with Crippen LogP contribution in [0.3, 0.4) is 0 Å². The van der Waals surface area contributed by atoms with Crippen molar-refractivity contribution in [2.45, 2.75) is 37.8 Å². The number of rotatable bonds is 6. The summed E-state index contributed by atoms with van der Waals surface area (Å²) >= 11 is 0. The average molecular weight is 405 g/mol. The molecule has 0 spiro atoms. The number of benzene rings is 2. The van der Waals surface area contributed by atoms with Crippen molar-refractivity contribution in [2.75, 3.05) is 10.6 Å². The molecular formula is C23H20FN3O3. The Morgan fingerprint density at radius 1 is 0.967 bits per heavy atom. The van der Waals surface area contributed by atoms with Crippen molar-refractivity contribution in [3.05, 3.63) is 80.4 Å². The molecule has 152 valence electrons. The number of anilines is 3. The van der Waals surface area contributed by atoms with Gasteiger partial charge in [-0.2, -0.15) is 5.26 Å². The van der Waals surface area contributed by atoms with Crippen molar-refractivity contribution in [1.29, 1.82) is 5.26 Å². The van der Waals surface area contributed by atoms with Gasteiger partial charge in [-0.1, -0.05) is 6.07 Å². The van der Waals surface area contributed by atoms with Crippen LogP contribution in [0, 0.1) is 17.1 Å². The molecule has 0 aromatic heterocycles. The first-order valence-electron chi connectivity index (χ1n) is 9.83. The molecular weight excluding hydrogens is 385 g/mol. The maximum Gasteiger partial charge on any atom is 0.253 e. The van der Waals surface area contributed by atoms with E-state index in [1.54, 1.807) is 30.3 Å². The van der Waals surface area contributed by atoms with Gasteiger partial charge in [0.25, 0.3) is 10.9 Å². The van der Waals surface area contributed by atoms with Crippen LogP contribution in [0.15, 0.2) is 58.1 Å². The monoisotopic (exact) mass is 405 g/mol. The van der Waals surface area contributed by atoms with Crippen LogP contribution >= 0.6 is 0 Å². The van der Waals surface area contributed by atoms with E-state index in [0.717, 1.165) is 31.4 Å². The van der Waals surface area contributed by atoms with E-state index < -0.39 is 16.7 Å². The summed E-state index contributed by atoms with van der Waals surface area (Å²) in [7, 11) is 0. The van der Waals surface area contributed by atoms with Gasteiger partial charge in [-0.05, 0) is 68.1 Å². The van der Waals surface area contributed by atoms with Crippen LogP contribution in [0.2, 0.25) is 0 Å². The SMILES string of the molecule is N#Cc1ccc(OC2CCC(Nc3c(Nc4cccc(F)c4)c(=O)c3=O)CC2)cc1. The van der Waals surface area contributed by atoms with Crippen LogP contribution in [0.4, 0.5) is 21.5 Å². The van der Waals surface area contributed by atoms with Crippen molar-refractivity contribution in [3.8, 4) is 11.8 Å². The fourth-order valence-electron chi connectivity index (χ4n) is 3.69. The number of nitriles is 1. The Morgan fingerprint density at radius 2 is 1.67 bits per heavy atom.